The molecule has 0 amide bonds. The molecule has 2 N–H and O–H groups in total. The van der Waals surface area contributed by atoms with Crippen molar-refractivity contribution in [2.75, 3.05) is 13.2 Å². The van der Waals surface area contributed by atoms with E-state index in [1.165, 1.54) is 37.7 Å². The summed E-state index contributed by atoms with van der Waals surface area (Å²) in [6.07, 6.45) is 7.67. The van der Waals surface area contributed by atoms with Crippen molar-refractivity contribution in [1.82, 2.24) is 5.32 Å². The molecule has 0 aromatic heterocycles. The Bertz CT molecular complexity index is 360. The van der Waals surface area contributed by atoms with E-state index in [4.69, 9.17) is 11.6 Å². The van der Waals surface area contributed by atoms with Gasteiger partial charge in [0.15, 0.2) is 0 Å². The maximum Gasteiger partial charge on any atom is 0.0587 e. The molecule has 1 fully saturated rings. The minimum absolute atomic E-state index is 0.156. The molecule has 1 aromatic rings. The molecule has 0 radical (unpaired) electrons. The first-order valence-electron chi connectivity index (χ1n) is 7.36. The van der Waals surface area contributed by atoms with Gasteiger partial charge in [0.25, 0.3) is 0 Å². The van der Waals surface area contributed by atoms with Crippen molar-refractivity contribution in [3.05, 3.63) is 34.9 Å². The quantitative estimate of drug-likeness (QED) is 0.837. The first-order chi connectivity index (χ1) is 9.28. The van der Waals surface area contributed by atoms with E-state index in [0.717, 1.165) is 23.9 Å². The summed E-state index contributed by atoms with van der Waals surface area (Å²) in [6.45, 7) is 1.23. The Labute approximate surface area is 121 Å². The molecule has 1 aromatic carbocycles. The predicted molar refractivity (Wildman–Crippen MR) is 80.6 cm³/mol. The van der Waals surface area contributed by atoms with Crippen LogP contribution in [0.15, 0.2) is 24.3 Å². The van der Waals surface area contributed by atoms with Gasteiger partial charge in [-0.25, -0.2) is 0 Å². The highest BCUT2D eigenvalue weighted by Gasteiger charge is 2.15. The average Bonchev–Trinajstić information content (AvgIpc) is 2.46. The number of benzene rings is 1. The van der Waals surface area contributed by atoms with Gasteiger partial charge in [0.05, 0.1) is 6.61 Å². The Balaban J connectivity index is 1.77. The summed E-state index contributed by atoms with van der Waals surface area (Å²) >= 11 is 5.88. The summed E-state index contributed by atoms with van der Waals surface area (Å²) in [6, 6.07) is 8.04. The van der Waals surface area contributed by atoms with Crippen molar-refractivity contribution < 1.29 is 5.11 Å². The maximum atomic E-state index is 9.48. The number of aliphatic hydroxyl groups is 1. The number of rotatable bonds is 6. The minimum atomic E-state index is 0.156. The van der Waals surface area contributed by atoms with Crippen molar-refractivity contribution in [3.8, 4) is 0 Å². The van der Waals surface area contributed by atoms with Gasteiger partial charge in [0.2, 0.25) is 0 Å². The van der Waals surface area contributed by atoms with Crippen LogP contribution in [0.25, 0.3) is 0 Å². The van der Waals surface area contributed by atoms with Crippen molar-refractivity contribution in [1.29, 1.82) is 0 Å². The molecule has 19 heavy (non-hydrogen) atoms. The Morgan fingerprint density at radius 2 is 1.84 bits per heavy atom. The summed E-state index contributed by atoms with van der Waals surface area (Å²) in [7, 11) is 0. The summed E-state index contributed by atoms with van der Waals surface area (Å²) in [5.74, 6) is 0.799. The Kier molecular flexibility index (Phi) is 6.15. The van der Waals surface area contributed by atoms with Gasteiger partial charge in [-0.2, -0.15) is 0 Å². The van der Waals surface area contributed by atoms with Crippen LogP contribution in [-0.4, -0.2) is 24.3 Å². The maximum absolute atomic E-state index is 9.48. The molecule has 1 aliphatic carbocycles. The molecule has 106 valence electrons. The monoisotopic (exact) mass is 281 g/mol. The van der Waals surface area contributed by atoms with Crippen LogP contribution in [0.5, 0.6) is 0 Å². The van der Waals surface area contributed by atoms with Crippen LogP contribution in [-0.2, 0) is 6.42 Å². The van der Waals surface area contributed by atoms with E-state index in [2.05, 4.69) is 5.32 Å². The first kappa shape index (κ1) is 14.8. The summed E-state index contributed by atoms with van der Waals surface area (Å²) in [5, 5.41) is 13.8. The molecule has 1 atom stereocenters. The van der Waals surface area contributed by atoms with Gasteiger partial charge >= 0.3 is 0 Å². The fourth-order valence-electron chi connectivity index (χ4n) is 2.83. The minimum Gasteiger partial charge on any atom is -0.395 e. The second-order valence-electron chi connectivity index (χ2n) is 5.62. The van der Waals surface area contributed by atoms with Gasteiger partial charge in [-0.3, -0.25) is 0 Å². The van der Waals surface area contributed by atoms with Gasteiger partial charge in [0, 0.05) is 11.1 Å². The van der Waals surface area contributed by atoms with E-state index < -0.39 is 0 Å². The second kappa shape index (κ2) is 7.88. The third-order valence-electron chi connectivity index (χ3n) is 4.04. The smallest absolute Gasteiger partial charge is 0.0587 e. The molecule has 2 nitrogen and oxygen atoms in total. The van der Waals surface area contributed by atoms with Crippen molar-refractivity contribution in [3.63, 3.8) is 0 Å². The molecule has 3 heteroatoms. The van der Waals surface area contributed by atoms with E-state index in [1.807, 2.05) is 24.3 Å². The van der Waals surface area contributed by atoms with Crippen molar-refractivity contribution in [2.24, 2.45) is 5.92 Å². The van der Waals surface area contributed by atoms with Gasteiger partial charge in [-0.1, -0.05) is 43.0 Å². The van der Waals surface area contributed by atoms with E-state index >= 15 is 0 Å². The second-order valence-corrected chi connectivity index (χ2v) is 6.06. The topological polar surface area (TPSA) is 32.3 Å². The van der Waals surface area contributed by atoms with Gasteiger partial charge in [0.1, 0.15) is 0 Å². The number of halogens is 1. The number of hydrogen-bond acceptors (Lipinski definition) is 2. The summed E-state index contributed by atoms with van der Waals surface area (Å²) in [5.41, 5.74) is 1.22. The van der Waals surface area contributed by atoms with Crippen LogP contribution in [0.2, 0.25) is 5.02 Å². The largest absolute Gasteiger partial charge is 0.395 e. The Morgan fingerprint density at radius 1 is 1.16 bits per heavy atom. The zero-order chi connectivity index (χ0) is 13.5. The lowest BCUT2D eigenvalue weighted by molar-refractivity contribution is 0.228. The highest BCUT2D eigenvalue weighted by Crippen LogP contribution is 2.23. The lowest BCUT2D eigenvalue weighted by Gasteiger charge is -2.25. The fraction of sp³-hybridized carbons (Fsp3) is 0.625. The zero-order valence-electron chi connectivity index (χ0n) is 11.4. The highest BCUT2D eigenvalue weighted by atomic mass is 35.5. The lowest BCUT2D eigenvalue weighted by Crippen LogP contribution is -2.38. The lowest BCUT2D eigenvalue weighted by atomic mass is 9.89. The molecule has 1 saturated carbocycles. The molecule has 0 spiro atoms. The Hall–Kier alpha value is -0.570. The van der Waals surface area contributed by atoms with E-state index in [-0.39, 0.29) is 12.6 Å². The third-order valence-corrected chi connectivity index (χ3v) is 4.29. The van der Waals surface area contributed by atoms with E-state index in [0.29, 0.717) is 0 Å². The van der Waals surface area contributed by atoms with Crippen molar-refractivity contribution >= 4 is 11.6 Å². The predicted octanol–water partition coefficient (Wildman–Crippen LogP) is 3.41. The molecule has 0 aliphatic heterocycles. The molecule has 1 unspecified atom stereocenters. The molecule has 1 aliphatic rings. The van der Waals surface area contributed by atoms with Crippen LogP contribution >= 0.6 is 11.6 Å². The molecular formula is C16H24ClNO. The standard InChI is InChI=1S/C16H24ClNO/c17-15-8-6-13(7-9-15)10-16(12-19)18-11-14-4-2-1-3-5-14/h6-9,14,16,18-19H,1-5,10-12H2. The van der Waals surface area contributed by atoms with Crippen LogP contribution in [0, 0.1) is 5.92 Å². The number of nitrogens with one attached hydrogen (secondary N) is 1. The third kappa shape index (κ3) is 5.13. The normalized spacial score (nSPS) is 18.4. The van der Waals surface area contributed by atoms with Crippen molar-refractivity contribution in [2.45, 2.75) is 44.6 Å². The van der Waals surface area contributed by atoms with Crippen LogP contribution < -0.4 is 5.32 Å². The summed E-state index contributed by atoms with van der Waals surface area (Å²) in [4.78, 5) is 0. The molecule has 2 rings (SSSR count). The Morgan fingerprint density at radius 3 is 2.47 bits per heavy atom. The number of aliphatic hydroxyl groups excluding tert-OH is 1. The average molecular weight is 282 g/mol. The molecule has 0 saturated heterocycles. The SMILES string of the molecule is OCC(Cc1ccc(Cl)cc1)NCC1CCCCC1. The van der Waals surface area contributed by atoms with Gasteiger partial charge in [-0.05, 0) is 49.4 Å². The first-order valence-corrected chi connectivity index (χ1v) is 7.74. The van der Waals surface area contributed by atoms with E-state index in [1.54, 1.807) is 0 Å². The van der Waals surface area contributed by atoms with Gasteiger partial charge in [-0.15, -0.1) is 0 Å². The van der Waals surface area contributed by atoms with Crippen LogP contribution in [0.4, 0.5) is 0 Å². The fourth-order valence-corrected chi connectivity index (χ4v) is 2.96. The number of hydrogen-bond donors (Lipinski definition) is 2. The molecule has 0 heterocycles. The summed E-state index contributed by atoms with van der Waals surface area (Å²) < 4.78 is 0. The van der Waals surface area contributed by atoms with Crippen LogP contribution in [0.3, 0.4) is 0 Å². The van der Waals surface area contributed by atoms with Gasteiger partial charge < -0.3 is 10.4 Å². The van der Waals surface area contributed by atoms with Crippen LogP contribution in [0.1, 0.15) is 37.7 Å². The zero-order valence-corrected chi connectivity index (χ0v) is 12.2. The highest BCUT2D eigenvalue weighted by molar-refractivity contribution is 6.30. The van der Waals surface area contributed by atoms with E-state index in [9.17, 15) is 5.11 Å². The molecule has 0 bridgehead atoms. The molecular weight excluding hydrogens is 258 g/mol.